The van der Waals surface area contributed by atoms with E-state index in [1.807, 2.05) is 0 Å². The van der Waals surface area contributed by atoms with Crippen molar-refractivity contribution in [1.82, 2.24) is 5.43 Å². The van der Waals surface area contributed by atoms with Gasteiger partial charge < -0.3 is 20.1 Å². The van der Waals surface area contributed by atoms with Gasteiger partial charge in [-0.2, -0.15) is 5.10 Å². The minimum Gasteiger partial charge on any atom is -0.497 e. The van der Waals surface area contributed by atoms with E-state index >= 15 is 0 Å². The van der Waals surface area contributed by atoms with Crippen LogP contribution in [0, 0.1) is 0 Å². The minimum atomic E-state index is -1.00. The van der Waals surface area contributed by atoms with Crippen LogP contribution >= 0.6 is 11.6 Å². The molecule has 30 heavy (non-hydrogen) atoms. The van der Waals surface area contributed by atoms with Crippen molar-refractivity contribution in [2.75, 3.05) is 24.9 Å². The first-order valence-electron chi connectivity index (χ1n) is 8.74. The average Bonchev–Trinajstić information content (AvgIpc) is 2.73. The van der Waals surface area contributed by atoms with Crippen molar-refractivity contribution in [2.45, 2.75) is 13.3 Å². The molecule has 9 nitrogen and oxygen atoms in total. The third kappa shape index (κ3) is 6.78. The van der Waals surface area contributed by atoms with Gasteiger partial charge in [0.15, 0.2) is 0 Å². The first-order valence-corrected chi connectivity index (χ1v) is 9.12. The molecule has 3 amide bonds. The van der Waals surface area contributed by atoms with E-state index in [-0.39, 0.29) is 18.0 Å². The van der Waals surface area contributed by atoms with Crippen LogP contribution in [0.1, 0.15) is 13.3 Å². The fourth-order valence-electron chi connectivity index (χ4n) is 2.30. The Morgan fingerprint density at radius 2 is 1.67 bits per heavy atom. The Morgan fingerprint density at radius 1 is 0.967 bits per heavy atom. The Morgan fingerprint density at radius 3 is 2.30 bits per heavy atom. The Balaban J connectivity index is 1.90. The van der Waals surface area contributed by atoms with E-state index in [1.54, 1.807) is 43.3 Å². The predicted octanol–water partition coefficient (Wildman–Crippen LogP) is 2.82. The highest BCUT2D eigenvalue weighted by Crippen LogP contribution is 2.28. The summed E-state index contributed by atoms with van der Waals surface area (Å²) in [5.41, 5.74) is 3.26. The summed E-state index contributed by atoms with van der Waals surface area (Å²) in [5, 5.41) is 9.42. The van der Waals surface area contributed by atoms with E-state index in [0.717, 1.165) is 0 Å². The van der Waals surface area contributed by atoms with Crippen LogP contribution in [-0.2, 0) is 14.4 Å². The van der Waals surface area contributed by atoms with Crippen LogP contribution in [0.25, 0.3) is 0 Å². The number of hydrogen-bond acceptors (Lipinski definition) is 6. The fourth-order valence-corrected chi connectivity index (χ4v) is 2.42. The van der Waals surface area contributed by atoms with Gasteiger partial charge in [0, 0.05) is 22.5 Å². The zero-order valence-electron chi connectivity index (χ0n) is 16.6. The van der Waals surface area contributed by atoms with Crippen molar-refractivity contribution in [2.24, 2.45) is 5.10 Å². The van der Waals surface area contributed by atoms with Gasteiger partial charge in [-0.1, -0.05) is 11.6 Å². The van der Waals surface area contributed by atoms with E-state index in [4.69, 9.17) is 21.1 Å². The van der Waals surface area contributed by atoms with Gasteiger partial charge in [-0.05, 0) is 43.3 Å². The van der Waals surface area contributed by atoms with E-state index in [1.165, 1.54) is 20.3 Å². The number of nitrogens with zero attached hydrogens (tertiary/aromatic N) is 1. The number of halogens is 1. The topological polar surface area (TPSA) is 118 Å². The van der Waals surface area contributed by atoms with Crippen LogP contribution in [0.5, 0.6) is 11.5 Å². The lowest BCUT2D eigenvalue weighted by Crippen LogP contribution is -2.33. The molecule has 2 aromatic rings. The number of carbonyl (C=O) groups excluding carboxylic acids is 3. The van der Waals surface area contributed by atoms with E-state index in [2.05, 4.69) is 21.2 Å². The third-order valence-electron chi connectivity index (χ3n) is 3.75. The maximum Gasteiger partial charge on any atom is 0.329 e. The SMILES string of the molecule is COc1ccc(OC)c(NC(=O)C(=O)NN=C(C)CC(=O)Nc2ccc(Cl)cc2)c1. The van der Waals surface area contributed by atoms with E-state index in [9.17, 15) is 14.4 Å². The first kappa shape index (κ1) is 22.7. The highest BCUT2D eigenvalue weighted by atomic mass is 35.5. The molecule has 0 aliphatic carbocycles. The molecule has 2 aromatic carbocycles. The molecule has 158 valence electrons. The summed E-state index contributed by atoms with van der Waals surface area (Å²) in [6.45, 7) is 1.55. The average molecular weight is 433 g/mol. The number of hydrogen-bond donors (Lipinski definition) is 3. The van der Waals surface area contributed by atoms with Crippen molar-refractivity contribution < 1.29 is 23.9 Å². The smallest absolute Gasteiger partial charge is 0.329 e. The van der Waals surface area contributed by atoms with Gasteiger partial charge in [-0.15, -0.1) is 0 Å². The number of methoxy groups -OCH3 is 2. The summed E-state index contributed by atoms with van der Waals surface area (Å²) in [5.74, 6) is -1.46. The molecule has 10 heteroatoms. The molecule has 0 atom stereocenters. The Bertz CT molecular complexity index is 960. The summed E-state index contributed by atoms with van der Waals surface area (Å²) in [4.78, 5) is 36.1. The summed E-state index contributed by atoms with van der Waals surface area (Å²) in [6.07, 6.45) is -0.0752. The Kier molecular flexibility index (Phi) is 8.18. The maximum absolute atomic E-state index is 12.1. The van der Waals surface area contributed by atoms with Gasteiger partial charge in [0.25, 0.3) is 0 Å². The number of amides is 3. The lowest BCUT2D eigenvalue weighted by Gasteiger charge is -2.11. The molecule has 0 heterocycles. The van der Waals surface area contributed by atoms with Crippen LogP contribution in [0.4, 0.5) is 11.4 Å². The van der Waals surface area contributed by atoms with Gasteiger partial charge in [-0.3, -0.25) is 14.4 Å². The molecule has 0 aliphatic rings. The number of hydrazone groups is 1. The number of benzene rings is 2. The van der Waals surface area contributed by atoms with Crippen molar-refractivity contribution >= 4 is 46.4 Å². The standard InChI is InChI=1S/C20H21ClN4O5/c1-12(10-18(26)22-14-6-4-13(21)5-7-14)24-25-20(28)19(27)23-16-11-15(29-2)8-9-17(16)30-3/h4-9,11H,10H2,1-3H3,(H,22,26)(H,23,27)(H,25,28). The van der Waals surface area contributed by atoms with Gasteiger partial charge in [0.2, 0.25) is 5.91 Å². The lowest BCUT2D eigenvalue weighted by atomic mass is 10.2. The molecule has 0 saturated carbocycles. The van der Waals surface area contributed by atoms with Gasteiger partial charge >= 0.3 is 11.8 Å². The molecule has 3 N–H and O–H groups in total. The molecular weight excluding hydrogens is 412 g/mol. The quantitative estimate of drug-likeness (QED) is 0.353. The van der Waals surface area contributed by atoms with E-state index < -0.39 is 11.8 Å². The zero-order valence-corrected chi connectivity index (χ0v) is 17.4. The minimum absolute atomic E-state index is 0.0752. The zero-order chi connectivity index (χ0) is 22.1. The van der Waals surface area contributed by atoms with Gasteiger partial charge in [0.05, 0.1) is 26.3 Å². The summed E-state index contributed by atoms with van der Waals surface area (Å²) >= 11 is 5.79. The van der Waals surface area contributed by atoms with Crippen LogP contribution in [0.3, 0.4) is 0 Å². The van der Waals surface area contributed by atoms with Gasteiger partial charge in [0.1, 0.15) is 11.5 Å². The summed E-state index contributed by atoms with van der Waals surface area (Å²) < 4.78 is 10.2. The molecular formula is C20H21ClN4O5. The van der Waals surface area contributed by atoms with Crippen molar-refractivity contribution in [3.05, 3.63) is 47.5 Å². The predicted molar refractivity (Wildman–Crippen MR) is 114 cm³/mol. The van der Waals surface area contributed by atoms with Gasteiger partial charge in [-0.25, -0.2) is 5.43 Å². The van der Waals surface area contributed by atoms with Crippen LogP contribution in [0.2, 0.25) is 5.02 Å². The number of nitrogens with one attached hydrogen (secondary N) is 3. The highest BCUT2D eigenvalue weighted by molar-refractivity contribution is 6.39. The molecule has 0 saturated heterocycles. The summed E-state index contributed by atoms with van der Waals surface area (Å²) in [7, 11) is 2.90. The highest BCUT2D eigenvalue weighted by Gasteiger charge is 2.16. The fraction of sp³-hybridized carbons (Fsp3) is 0.200. The molecule has 0 fully saturated rings. The molecule has 2 rings (SSSR count). The van der Waals surface area contributed by atoms with Crippen LogP contribution in [-0.4, -0.2) is 37.7 Å². The van der Waals surface area contributed by atoms with Crippen molar-refractivity contribution in [3.63, 3.8) is 0 Å². The first-order chi connectivity index (χ1) is 14.3. The van der Waals surface area contributed by atoms with E-state index in [0.29, 0.717) is 27.9 Å². The maximum atomic E-state index is 12.1. The molecule has 0 radical (unpaired) electrons. The Labute approximate surface area is 178 Å². The molecule has 0 aliphatic heterocycles. The van der Waals surface area contributed by atoms with Crippen molar-refractivity contribution in [3.8, 4) is 11.5 Å². The van der Waals surface area contributed by atoms with Crippen LogP contribution in [0.15, 0.2) is 47.6 Å². The second kappa shape index (κ2) is 10.8. The third-order valence-corrected chi connectivity index (χ3v) is 4.01. The largest absolute Gasteiger partial charge is 0.497 e. The number of ether oxygens (including phenoxy) is 2. The second-order valence-electron chi connectivity index (χ2n) is 6.04. The number of anilines is 2. The monoisotopic (exact) mass is 432 g/mol. The second-order valence-corrected chi connectivity index (χ2v) is 6.48. The van der Waals surface area contributed by atoms with Crippen LogP contribution < -0.4 is 25.5 Å². The summed E-state index contributed by atoms with van der Waals surface area (Å²) in [6, 6.07) is 11.4. The molecule has 0 spiro atoms. The Hall–Kier alpha value is -3.59. The molecule has 0 bridgehead atoms. The molecule has 0 unspecified atom stereocenters. The lowest BCUT2D eigenvalue weighted by molar-refractivity contribution is -0.136. The number of carbonyl (C=O) groups is 3. The number of rotatable bonds is 7. The molecule has 0 aromatic heterocycles. The van der Waals surface area contributed by atoms with Crippen molar-refractivity contribution in [1.29, 1.82) is 0 Å². The normalized spacial score (nSPS) is 10.7.